The molecule has 3 rings (SSSR count). The van der Waals surface area contributed by atoms with Crippen LogP contribution in [0.25, 0.3) is 11.3 Å². The van der Waals surface area contributed by atoms with Crippen molar-refractivity contribution in [1.82, 2.24) is 10.3 Å². The van der Waals surface area contributed by atoms with Crippen LogP contribution in [-0.4, -0.2) is 23.3 Å². The molecule has 0 spiro atoms. The van der Waals surface area contributed by atoms with Crippen LogP contribution in [0.3, 0.4) is 0 Å². The van der Waals surface area contributed by atoms with Crippen molar-refractivity contribution >= 4 is 28.3 Å². The number of nitrogens with one attached hydrogen (secondary N) is 2. The largest absolute Gasteiger partial charge is 0.343 e. The van der Waals surface area contributed by atoms with Gasteiger partial charge in [0, 0.05) is 16.5 Å². The van der Waals surface area contributed by atoms with Crippen LogP contribution in [0, 0.1) is 13.8 Å². The van der Waals surface area contributed by atoms with E-state index < -0.39 is 0 Å². The molecule has 0 aliphatic rings. The molecule has 0 saturated carbocycles. The molecule has 1 heterocycles. The average molecular weight is 365 g/mol. The monoisotopic (exact) mass is 365 g/mol. The van der Waals surface area contributed by atoms with Crippen LogP contribution < -0.4 is 10.6 Å². The molecule has 5 nitrogen and oxygen atoms in total. The molecule has 0 radical (unpaired) electrons. The van der Waals surface area contributed by atoms with Crippen molar-refractivity contribution < 1.29 is 9.59 Å². The fraction of sp³-hybridized carbons (Fsp3) is 0.150. The Morgan fingerprint density at radius 3 is 2.54 bits per heavy atom. The molecule has 2 amide bonds. The Labute approximate surface area is 156 Å². The number of rotatable bonds is 5. The summed E-state index contributed by atoms with van der Waals surface area (Å²) in [5.74, 6) is -0.592. The minimum atomic E-state index is -0.310. The number of carbonyl (C=O) groups is 2. The van der Waals surface area contributed by atoms with E-state index in [1.165, 1.54) is 22.5 Å². The molecule has 6 heteroatoms. The second-order valence-electron chi connectivity index (χ2n) is 5.93. The Kier molecular flexibility index (Phi) is 5.43. The van der Waals surface area contributed by atoms with E-state index in [1.54, 1.807) is 24.3 Å². The fourth-order valence-electron chi connectivity index (χ4n) is 2.38. The van der Waals surface area contributed by atoms with Crippen LogP contribution in [0.1, 0.15) is 21.5 Å². The Morgan fingerprint density at radius 2 is 1.81 bits per heavy atom. The highest BCUT2D eigenvalue weighted by molar-refractivity contribution is 7.14. The van der Waals surface area contributed by atoms with Crippen molar-refractivity contribution in [2.75, 3.05) is 11.9 Å². The highest BCUT2D eigenvalue weighted by Crippen LogP contribution is 2.26. The average Bonchev–Trinajstić information content (AvgIpc) is 3.11. The first-order valence-corrected chi connectivity index (χ1v) is 9.07. The lowest BCUT2D eigenvalue weighted by Crippen LogP contribution is -2.32. The summed E-state index contributed by atoms with van der Waals surface area (Å²) in [6.45, 7) is 4.02. The number of carbonyl (C=O) groups excluding carboxylic acids is 2. The lowest BCUT2D eigenvalue weighted by molar-refractivity contribution is -0.115. The molecule has 3 aromatic rings. The summed E-state index contributed by atoms with van der Waals surface area (Å²) in [7, 11) is 0. The van der Waals surface area contributed by atoms with Gasteiger partial charge in [-0.2, -0.15) is 0 Å². The lowest BCUT2D eigenvalue weighted by atomic mass is 10.1. The maximum absolute atomic E-state index is 12.0. The van der Waals surface area contributed by atoms with Crippen LogP contribution in [0.15, 0.2) is 53.9 Å². The maximum atomic E-state index is 12.0. The third-order valence-corrected chi connectivity index (χ3v) is 4.76. The SMILES string of the molecule is Cc1ccc(-c2csc(NC(=O)CNC(=O)c3ccccc3)n2)cc1C. The molecule has 132 valence electrons. The van der Waals surface area contributed by atoms with Gasteiger partial charge < -0.3 is 10.6 Å². The predicted molar refractivity (Wildman–Crippen MR) is 104 cm³/mol. The van der Waals surface area contributed by atoms with E-state index in [4.69, 9.17) is 0 Å². The second-order valence-corrected chi connectivity index (χ2v) is 6.79. The van der Waals surface area contributed by atoms with Gasteiger partial charge in [0.25, 0.3) is 5.91 Å². The smallest absolute Gasteiger partial charge is 0.251 e. The van der Waals surface area contributed by atoms with E-state index in [2.05, 4.69) is 41.6 Å². The number of aromatic nitrogens is 1. The first-order valence-electron chi connectivity index (χ1n) is 8.19. The summed E-state index contributed by atoms with van der Waals surface area (Å²) in [6.07, 6.45) is 0. The summed E-state index contributed by atoms with van der Waals surface area (Å²) in [6, 6.07) is 14.9. The number of thiazole rings is 1. The zero-order valence-corrected chi connectivity index (χ0v) is 15.4. The molecular formula is C20H19N3O2S. The van der Waals surface area contributed by atoms with E-state index in [9.17, 15) is 9.59 Å². The predicted octanol–water partition coefficient (Wildman–Crippen LogP) is 3.80. The number of amides is 2. The highest BCUT2D eigenvalue weighted by Gasteiger charge is 2.11. The Balaban J connectivity index is 1.57. The highest BCUT2D eigenvalue weighted by atomic mass is 32.1. The normalized spacial score (nSPS) is 10.4. The minimum absolute atomic E-state index is 0.105. The van der Waals surface area contributed by atoms with Gasteiger partial charge in [-0.3, -0.25) is 9.59 Å². The van der Waals surface area contributed by atoms with Gasteiger partial charge in [0.2, 0.25) is 5.91 Å². The van der Waals surface area contributed by atoms with Crippen LogP contribution in [-0.2, 0) is 4.79 Å². The van der Waals surface area contributed by atoms with Gasteiger partial charge in [0.1, 0.15) is 0 Å². The number of nitrogens with zero attached hydrogens (tertiary/aromatic N) is 1. The maximum Gasteiger partial charge on any atom is 0.251 e. The zero-order valence-electron chi connectivity index (χ0n) is 14.6. The van der Waals surface area contributed by atoms with Crippen molar-refractivity contribution in [3.05, 3.63) is 70.6 Å². The number of hydrogen-bond acceptors (Lipinski definition) is 4. The summed E-state index contributed by atoms with van der Waals surface area (Å²) in [4.78, 5) is 28.4. The molecule has 2 N–H and O–H groups in total. The van der Waals surface area contributed by atoms with E-state index in [0.29, 0.717) is 10.7 Å². The molecule has 0 aliphatic heterocycles. The third-order valence-electron chi connectivity index (χ3n) is 4.00. The van der Waals surface area contributed by atoms with Gasteiger partial charge in [-0.25, -0.2) is 4.98 Å². The van der Waals surface area contributed by atoms with Gasteiger partial charge in [-0.05, 0) is 43.2 Å². The molecule has 0 fully saturated rings. The van der Waals surface area contributed by atoms with Crippen molar-refractivity contribution in [3.8, 4) is 11.3 Å². The summed E-state index contributed by atoms with van der Waals surface area (Å²) >= 11 is 1.36. The fourth-order valence-corrected chi connectivity index (χ4v) is 3.12. The van der Waals surface area contributed by atoms with E-state index in [-0.39, 0.29) is 18.4 Å². The van der Waals surface area contributed by atoms with E-state index in [0.717, 1.165) is 11.3 Å². The Bertz CT molecular complexity index is 935. The van der Waals surface area contributed by atoms with Crippen LogP contribution in [0.5, 0.6) is 0 Å². The third kappa shape index (κ3) is 4.34. The van der Waals surface area contributed by atoms with Gasteiger partial charge in [0.15, 0.2) is 5.13 Å². The first kappa shape index (κ1) is 17.8. The number of hydrogen-bond donors (Lipinski definition) is 2. The van der Waals surface area contributed by atoms with Gasteiger partial charge in [-0.15, -0.1) is 11.3 Å². The van der Waals surface area contributed by atoms with Gasteiger partial charge in [-0.1, -0.05) is 30.3 Å². The standard InChI is InChI=1S/C20H19N3O2S/c1-13-8-9-16(10-14(13)2)17-12-26-20(22-17)23-18(24)11-21-19(25)15-6-4-3-5-7-15/h3-10,12H,11H2,1-2H3,(H,21,25)(H,22,23,24). The second kappa shape index (κ2) is 7.93. The first-order chi connectivity index (χ1) is 12.5. The summed E-state index contributed by atoms with van der Waals surface area (Å²) < 4.78 is 0. The minimum Gasteiger partial charge on any atom is -0.343 e. The quantitative estimate of drug-likeness (QED) is 0.722. The van der Waals surface area contributed by atoms with Gasteiger partial charge >= 0.3 is 0 Å². The lowest BCUT2D eigenvalue weighted by Gasteiger charge is -2.05. The molecule has 1 aromatic heterocycles. The number of benzene rings is 2. The van der Waals surface area contributed by atoms with Crippen molar-refractivity contribution in [2.24, 2.45) is 0 Å². The topological polar surface area (TPSA) is 71.1 Å². The number of aryl methyl sites for hydroxylation is 2. The molecule has 0 aliphatic carbocycles. The van der Waals surface area contributed by atoms with Crippen molar-refractivity contribution in [1.29, 1.82) is 0 Å². The molecule has 2 aromatic carbocycles. The Hall–Kier alpha value is -2.99. The van der Waals surface area contributed by atoms with Crippen LogP contribution >= 0.6 is 11.3 Å². The molecular weight excluding hydrogens is 346 g/mol. The molecule has 0 unspecified atom stereocenters. The van der Waals surface area contributed by atoms with Crippen LogP contribution in [0.4, 0.5) is 5.13 Å². The molecule has 0 atom stereocenters. The van der Waals surface area contributed by atoms with Crippen LogP contribution in [0.2, 0.25) is 0 Å². The zero-order chi connectivity index (χ0) is 18.5. The van der Waals surface area contributed by atoms with Crippen molar-refractivity contribution in [3.63, 3.8) is 0 Å². The molecule has 26 heavy (non-hydrogen) atoms. The number of anilines is 1. The van der Waals surface area contributed by atoms with E-state index in [1.807, 2.05) is 17.5 Å². The Morgan fingerprint density at radius 1 is 1.04 bits per heavy atom. The van der Waals surface area contributed by atoms with Crippen molar-refractivity contribution in [2.45, 2.75) is 13.8 Å². The van der Waals surface area contributed by atoms with Gasteiger partial charge in [0.05, 0.1) is 12.2 Å². The summed E-state index contributed by atoms with van der Waals surface area (Å²) in [5, 5.41) is 7.73. The summed E-state index contributed by atoms with van der Waals surface area (Å²) in [5.41, 5.74) is 4.78. The molecule has 0 saturated heterocycles. The molecule has 0 bridgehead atoms. The van der Waals surface area contributed by atoms with E-state index >= 15 is 0 Å².